The molecule has 474 valence electrons. The molecule has 1 saturated carbocycles. The van der Waals surface area contributed by atoms with Crippen molar-refractivity contribution >= 4 is 88.6 Å². The third kappa shape index (κ3) is 18.1. The number of ether oxygens (including phenoxy) is 6. The SMILES string of the molecule is COC(=O)/C=C/c1ccc(OC(=O)C(CC(CON2C(C)(C)CC(NC(=O)c3cc(N)cc(N)c3)CC2(C)C)c2ccccc2)OC(=O)c2ccccc2)cc1.Nc1cc(N)cc(OC(=O)/C=C/c2ccccc2)c1.O=C1CC2C3CC(C(=O)OC3=O)C2C(=O)O1. The first kappa shape index (κ1) is 66.5. The van der Waals surface area contributed by atoms with Gasteiger partial charge >= 0.3 is 47.8 Å². The molecule has 22 heteroatoms. The van der Waals surface area contributed by atoms with E-state index in [0.29, 0.717) is 58.9 Å². The number of nitrogens with one attached hydrogen (secondary N) is 1. The number of hydrogen-bond donors (Lipinski definition) is 5. The lowest BCUT2D eigenvalue weighted by Crippen LogP contribution is -2.64. The standard InChI is InChI=1S/C44H50N4O8.C15H14N2O2.C10H8O6/c1-43(2)26-36(47-40(50)32-22-34(45)25-35(46)23-32)27-44(3,4)48(43)54-28-33(30-12-8-6-9-13-30)24-38(56-41(51)31-14-10-7-11-15-31)42(52)55-37-19-16-29(17-20-37)18-21-39(49)53-5;16-12-8-13(17)10-14(9-12)19-15(18)7-6-11-4-2-1-3-5-11;11-6-2-3-4-1-5(7(3)10(14)15-6)9(13)16-8(4)12/h6-23,25,33,36,38H,24,26-28,45-46H2,1-5H3,(H,47,50);1-10H,16-17H2;3-5,7H,1-2H2/b21-18+;7-6+;. The topological polar surface area (TPSA) is 338 Å². The normalized spacial score (nSPS) is 19.6. The Morgan fingerprint density at radius 2 is 1.15 bits per heavy atom. The second-order valence-corrected chi connectivity index (χ2v) is 23.5. The summed E-state index contributed by atoms with van der Waals surface area (Å²) in [6.07, 6.45) is 6.12. The van der Waals surface area contributed by atoms with E-state index in [-0.39, 0.29) is 42.7 Å². The van der Waals surface area contributed by atoms with Crippen molar-refractivity contribution in [3.63, 3.8) is 0 Å². The van der Waals surface area contributed by atoms with Crippen LogP contribution in [-0.4, -0.2) is 95.7 Å². The highest BCUT2D eigenvalue weighted by molar-refractivity contribution is 6.00. The Hall–Kier alpha value is -10.5. The van der Waals surface area contributed by atoms with Gasteiger partial charge in [0.1, 0.15) is 11.5 Å². The minimum absolute atomic E-state index is 0.0138. The van der Waals surface area contributed by atoms with Crippen LogP contribution in [0.1, 0.15) is 103 Å². The lowest BCUT2D eigenvalue weighted by Gasteiger charge is -2.54. The van der Waals surface area contributed by atoms with Crippen molar-refractivity contribution in [1.29, 1.82) is 0 Å². The first-order valence-electron chi connectivity index (χ1n) is 29.2. The number of hydrogen-bond acceptors (Lipinski definition) is 21. The molecule has 0 radical (unpaired) electrons. The maximum Gasteiger partial charge on any atom is 0.352 e. The van der Waals surface area contributed by atoms with Crippen molar-refractivity contribution in [3.8, 4) is 11.5 Å². The van der Waals surface area contributed by atoms with Crippen LogP contribution in [0.5, 0.6) is 11.5 Å². The lowest BCUT2D eigenvalue weighted by molar-refractivity contribution is -0.286. The molecule has 10 rings (SSSR count). The van der Waals surface area contributed by atoms with Crippen molar-refractivity contribution in [2.75, 3.05) is 36.7 Å². The number of piperidine rings is 1. The monoisotopic (exact) mass is 1240 g/mol. The molecule has 6 unspecified atom stereocenters. The maximum atomic E-state index is 13.9. The van der Waals surface area contributed by atoms with Gasteiger partial charge in [0, 0.05) is 82.1 Å². The third-order valence-corrected chi connectivity index (χ3v) is 15.6. The van der Waals surface area contributed by atoms with E-state index in [0.717, 1.165) is 11.1 Å². The molecule has 6 atom stereocenters. The molecule has 4 fully saturated rings. The molecule has 2 bridgehead atoms. The van der Waals surface area contributed by atoms with Crippen molar-refractivity contribution in [2.24, 2.45) is 23.7 Å². The Bertz CT molecular complexity index is 3650. The number of benzene rings is 6. The number of nitrogen functional groups attached to an aromatic ring is 4. The van der Waals surface area contributed by atoms with E-state index in [1.165, 1.54) is 19.3 Å². The summed E-state index contributed by atoms with van der Waals surface area (Å²) in [6, 6.07) is 43.4. The summed E-state index contributed by atoms with van der Waals surface area (Å²) >= 11 is 0. The molecule has 9 N–H and O–H groups in total. The van der Waals surface area contributed by atoms with E-state index in [1.54, 1.807) is 103 Å². The van der Waals surface area contributed by atoms with Crippen molar-refractivity contribution in [3.05, 3.63) is 192 Å². The smallest absolute Gasteiger partial charge is 0.352 e. The highest BCUT2D eigenvalue weighted by Gasteiger charge is 2.60. The summed E-state index contributed by atoms with van der Waals surface area (Å²) in [5.41, 5.74) is 26.9. The molecule has 1 amide bonds. The van der Waals surface area contributed by atoms with Gasteiger partial charge < -0.3 is 56.7 Å². The number of fused-ring (bicyclic) bond motifs is 5. The highest BCUT2D eigenvalue weighted by atomic mass is 16.7. The Kier molecular flexibility index (Phi) is 21.7. The number of cyclic esters (lactones) is 4. The van der Waals surface area contributed by atoms with E-state index < -0.39 is 94.5 Å². The minimum Gasteiger partial charge on any atom is -0.466 e. The van der Waals surface area contributed by atoms with Crippen LogP contribution in [0.3, 0.4) is 0 Å². The number of nitrogens with two attached hydrogens (primary N) is 4. The second-order valence-electron chi connectivity index (χ2n) is 23.5. The van der Waals surface area contributed by atoms with Gasteiger partial charge in [0.05, 0.1) is 43.5 Å². The fourth-order valence-corrected chi connectivity index (χ4v) is 11.8. The summed E-state index contributed by atoms with van der Waals surface area (Å²) < 4.78 is 30.5. The van der Waals surface area contributed by atoms with E-state index in [4.69, 9.17) is 42.0 Å². The summed E-state index contributed by atoms with van der Waals surface area (Å²) in [5.74, 6) is -7.34. The lowest BCUT2D eigenvalue weighted by atomic mass is 9.79. The van der Waals surface area contributed by atoms with Crippen molar-refractivity contribution in [2.45, 2.75) is 88.9 Å². The number of esters is 8. The minimum atomic E-state index is -1.31. The number of carbonyl (C=O) groups excluding carboxylic acids is 9. The van der Waals surface area contributed by atoms with Crippen LogP contribution in [0.2, 0.25) is 0 Å². The van der Waals surface area contributed by atoms with Gasteiger partial charge in [0.2, 0.25) is 0 Å². The zero-order chi connectivity index (χ0) is 65.6. The molecule has 22 nitrogen and oxygen atoms in total. The van der Waals surface area contributed by atoms with Crippen LogP contribution in [0.15, 0.2) is 164 Å². The maximum absolute atomic E-state index is 13.9. The van der Waals surface area contributed by atoms with E-state index in [9.17, 15) is 43.2 Å². The highest BCUT2D eigenvalue weighted by Crippen LogP contribution is 2.50. The van der Waals surface area contributed by atoms with E-state index >= 15 is 0 Å². The van der Waals surface area contributed by atoms with Gasteiger partial charge in [-0.3, -0.25) is 28.8 Å². The summed E-state index contributed by atoms with van der Waals surface area (Å²) in [5, 5.41) is 5.13. The number of amides is 1. The summed E-state index contributed by atoms with van der Waals surface area (Å²) in [4.78, 5) is 116. The Labute approximate surface area is 525 Å². The second kappa shape index (κ2) is 29.7. The molecule has 91 heavy (non-hydrogen) atoms. The summed E-state index contributed by atoms with van der Waals surface area (Å²) in [7, 11) is 1.29. The van der Waals surface area contributed by atoms with E-state index in [1.807, 2.05) is 65.7 Å². The van der Waals surface area contributed by atoms with Gasteiger partial charge in [-0.2, -0.15) is 5.06 Å². The largest absolute Gasteiger partial charge is 0.466 e. The van der Waals surface area contributed by atoms with Gasteiger partial charge in [-0.25, -0.2) is 19.2 Å². The molecule has 3 heterocycles. The molecule has 4 aliphatic rings. The molecule has 1 aliphatic carbocycles. The average Bonchev–Trinajstić information content (AvgIpc) is 1.82. The van der Waals surface area contributed by atoms with Crippen LogP contribution in [0.25, 0.3) is 12.2 Å². The molecule has 3 aliphatic heterocycles. The van der Waals surface area contributed by atoms with Gasteiger partial charge in [0.15, 0.2) is 6.10 Å². The predicted molar refractivity (Wildman–Crippen MR) is 336 cm³/mol. The fourth-order valence-electron chi connectivity index (χ4n) is 11.8. The zero-order valence-electron chi connectivity index (χ0n) is 50.8. The Morgan fingerprint density at radius 3 is 1.75 bits per heavy atom. The first-order valence-corrected chi connectivity index (χ1v) is 29.2. The number of carbonyl (C=O) groups is 9. The summed E-state index contributed by atoms with van der Waals surface area (Å²) in [6.45, 7) is 8.37. The Balaban J connectivity index is 0.000000243. The average molecular weight is 1240 g/mol. The molecule has 6 aromatic rings. The van der Waals surface area contributed by atoms with Crippen LogP contribution in [-0.2, 0) is 57.3 Å². The predicted octanol–water partition coefficient (Wildman–Crippen LogP) is 8.61. The number of anilines is 4. The molecular formula is C69H72N6O16. The van der Waals surface area contributed by atoms with Crippen LogP contribution < -0.4 is 37.7 Å². The van der Waals surface area contributed by atoms with Crippen LogP contribution in [0.4, 0.5) is 22.7 Å². The van der Waals surface area contributed by atoms with Gasteiger partial charge in [-0.1, -0.05) is 91.0 Å². The molecule has 0 aromatic heterocycles. The quantitative estimate of drug-likeness (QED) is 0.0142. The Morgan fingerprint density at radius 1 is 0.615 bits per heavy atom. The van der Waals surface area contributed by atoms with Crippen molar-refractivity contribution < 1.29 is 76.4 Å². The van der Waals surface area contributed by atoms with Gasteiger partial charge in [-0.15, -0.1) is 0 Å². The van der Waals surface area contributed by atoms with Crippen LogP contribution >= 0.6 is 0 Å². The number of methoxy groups -OCH3 is 1. The molecule has 6 aromatic carbocycles. The van der Waals surface area contributed by atoms with Gasteiger partial charge in [0.25, 0.3) is 5.91 Å². The molecule has 3 saturated heterocycles. The molecule has 0 spiro atoms. The first-order chi connectivity index (χ1) is 43.3. The van der Waals surface area contributed by atoms with E-state index in [2.05, 4.69) is 47.2 Å². The van der Waals surface area contributed by atoms with Crippen molar-refractivity contribution in [1.82, 2.24) is 10.4 Å². The third-order valence-electron chi connectivity index (χ3n) is 15.6. The van der Waals surface area contributed by atoms with Gasteiger partial charge in [-0.05, 0) is 130 Å². The number of nitrogens with zero attached hydrogens (tertiary/aromatic N) is 1. The molecular weight excluding hydrogens is 1170 g/mol. The fraction of sp³-hybridized carbons (Fsp3) is 0.290. The zero-order valence-corrected chi connectivity index (χ0v) is 50.8. The number of rotatable bonds is 17. The number of hydroxylamine groups is 2. The van der Waals surface area contributed by atoms with Crippen LogP contribution in [0, 0.1) is 23.7 Å².